The molecule has 0 radical (unpaired) electrons. The predicted molar refractivity (Wildman–Crippen MR) is 74.5 cm³/mol. The number of nitrogens with two attached hydrogens (primary N) is 1. The van der Waals surface area contributed by atoms with E-state index < -0.39 is 0 Å². The summed E-state index contributed by atoms with van der Waals surface area (Å²) in [6.07, 6.45) is 0. The normalized spacial score (nSPS) is 10.8. The third-order valence-corrected chi connectivity index (χ3v) is 3.31. The molecule has 1 aromatic heterocycles. The van der Waals surface area contributed by atoms with Crippen molar-refractivity contribution in [2.45, 2.75) is 13.8 Å². The molecule has 2 aromatic rings. The lowest BCUT2D eigenvalue weighted by molar-refractivity contribution is 0.271. The van der Waals surface area contributed by atoms with Crippen molar-refractivity contribution in [1.29, 1.82) is 0 Å². The van der Waals surface area contributed by atoms with Crippen LogP contribution in [0.1, 0.15) is 13.8 Å². The fourth-order valence-electron chi connectivity index (χ4n) is 1.49. The molecule has 2 N–H and O–H groups in total. The van der Waals surface area contributed by atoms with E-state index in [1.54, 1.807) is 11.3 Å². The molecule has 0 unspecified atom stereocenters. The molecule has 0 aliphatic heterocycles. The van der Waals surface area contributed by atoms with Crippen LogP contribution in [0.25, 0.3) is 10.4 Å². The fourth-order valence-corrected chi connectivity index (χ4v) is 2.27. The van der Waals surface area contributed by atoms with Gasteiger partial charge in [-0.15, -0.1) is 11.3 Å². The molecule has 0 aliphatic carbocycles. The van der Waals surface area contributed by atoms with Gasteiger partial charge < -0.3 is 10.5 Å². The lowest BCUT2D eigenvalue weighted by Gasteiger charge is -2.08. The van der Waals surface area contributed by atoms with Crippen molar-refractivity contribution >= 4 is 16.3 Å². The predicted octanol–water partition coefficient (Wildman–Crippen LogP) is 4.03. The van der Waals surface area contributed by atoms with Gasteiger partial charge in [0.15, 0.2) is 0 Å². The second kappa shape index (κ2) is 5.23. The third kappa shape index (κ3) is 3.24. The third-order valence-electron chi connectivity index (χ3n) is 2.35. The molecule has 17 heavy (non-hydrogen) atoms. The molecular formula is C14H17NOS. The minimum Gasteiger partial charge on any atom is -0.493 e. The number of thiophene rings is 1. The van der Waals surface area contributed by atoms with Crippen LogP contribution < -0.4 is 10.5 Å². The first-order valence-electron chi connectivity index (χ1n) is 5.73. The standard InChI is InChI=1S/C14H17NOS/c1-10(2)9-16-12-5-3-11(4-6-12)13-7-8-14(15)17-13/h3-8,10H,9,15H2,1-2H3. The smallest absolute Gasteiger partial charge is 0.119 e. The molecule has 0 aliphatic rings. The average molecular weight is 247 g/mol. The summed E-state index contributed by atoms with van der Waals surface area (Å²) >= 11 is 1.60. The molecule has 3 heteroatoms. The second-order valence-electron chi connectivity index (χ2n) is 4.43. The van der Waals surface area contributed by atoms with Crippen molar-refractivity contribution in [2.24, 2.45) is 5.92 Å². The van der Waals surface area contributed by atoms with Crippen LogP contribution in [0.2, 0.25) is 0 Å². The van der Waals surface area contributed by atoms with Gasteiger partial charge in [0.25, 0.3) is 0 Å². The first-order valence-corrected chi connectivity index (χ1v) is 6.55. The van der Waals surface area contributed by atoms with E-state index in [1.807, 2.05) is 24.3 Å². The first kappa shape index (κ1) is 12.0. The maximum Gasteiger partial charge on any atom is 0.119 e. The molecule has 1 aromatic carbocycles. The Morgan fingerprint density at radius 3 is 2.35 bits per heavy atom. The molecule has 0 fully saturated rings. The van der Waals surface area contributed by atoms with Crippen LogP contribution >= 0.6 is 11.3 Å². The summed E-state index contributed by atoms with van der Waals surface area (Å²) < 4.78 is 5.64. The summed E-state index contributed by atoms with van der Waals surface area (Å²) in [5.41, 5.74) is 6.90. The maximum absolute atomic E-state index is 5.72. The van der Waals surface area contributed by atoms with Crippen LogP contribution in [0.3, 0.4) is 0 Å². The summed E-state index contributed by atoms with van der Waals surface area (Å²) in [7, 11) is 0. The van der Waals surface area contributed by atoms with Gasteiger partial charge in [0.2, 0.25) is 0 Å². The Bertz CT molecular complexity index is 473. The Morgan fingerprint density at radius 2 is 1.82 bits per heavy atom. The molecule has 0 saturated carbocycles. The SMILES string of the molecule is CC(C)COc1ccc(-c2ccc(N)s2)cc1. The van der Waals surface area contributed by atoms with Crippen molar-refractivity contribution in [3.05, 3.63) is 36.4 Å². The number of rotatable bonds is 4. The quantitative estimate of drug-likeness (QED) is 0.885. The number of benzene rings is 1. The Hall–Kier alpha value is -1.48. The van der Waals surface area contributed by atoms with Crippen LogP contribution in [0.5, 0.6) is 5.75 Å². The highest BCUT2D eigenvalue weighted by Crippen LogP contribution is 2.30. The van der Waals surface area contributed by atoms with Gasteiger partial charge in [-0.3, -0.25) is 0 Å². The zero-order chi connectivity index (χ0) is 12.3. The number of ether oxygens (including phenoxy) is 1. The number of anilines is 1. The van der Waals surface area contributed by atoms with E-state index in [0.29, 0.717) is 5.92 Å². The van der Waals surface area contributed by atoms with E-state index in [-0.39, 0.29) is 0 Å². The molecule has 90 valence electrons. The number of hydrogen-bond donors (Lipinski definition) is 1. The molecule has 0 bridgehead atoms. The molecule has 0 amide bonds. The van der Waals surface area contributed by atoms with E-state index >= 15 is 0 Å². The highest BCUT2D eigenvalue weighted by atomic mass is 32.1. The van der Waals surface area contributed by atoms with E-state index in [2.05, 4.69) is 26.0 Å². The van der Waals surface area contributed by atoms with Crippen LogP contribution in [-0.2, 0) is 0 Å². The highest BCUT2D eigenvalue weighted by Gasteiger charge is 2.02. The summed E-state index contributed by atoms with van der Waals surface area (Å²) in [4.78, 5) is 1.19. The number of hydrogen-bond acceptors (Lipinski definition) is 3. The Balaban J connectivity index is 2.07. The number of nitrogen functional groups attached to an aromatic ring is 1. The topological polar surface area (TPSA) is 35.2 Å². The van der Waals surface area contributed by atoms with Crippen molar-refractivity contribution < 1.29 is 4.74 Å². The van der Waals surface area contributed by atoms with Gasteiger partial charge in [-0.2, -0.15) is 0 Å². The molecular weight excluding hydrogens is 230 g/mol. The van der Waals surface area contributed by atoms with E-state index in [0.717, 1.165) is 17.4 Å². The van der Waals surface area contributed by atoms with Crippen molar-refractivity contribution in [1.82, 2.24) is 0 Å². The van der Waals surface area contributed by atoms with E-state index in [4.69, 9.17) is 10.5 Å². The summed E-state index contributed by atoms with van der Waals surface area (Å²) in [5, 5.41) is 0.847. The molecule has 1 heterocycles. The molecule has 0 saturated heterocycles. The van der Waals surface area contributed by atoms with Gasteiger partial charge in [-0.05, 0) is 47.9 Å². The van der Waals surface area contributed by atoms with E-state index in [1.165, 1.54) is 10.4 Å². The monoisotopic (exact) mass is 247 g/mol. The largest absolute Gasteiger partial charge is 0.493 e. The van der Waals surface area contributed by atoms with Crippen molar-refractivity contribution in [3.8, 4) is 16.2 Å². The van der Waals surface area contributed by atoms with Gasteiger partial charge in [0.05, 0.1) is 11.6 Å². The van der Waals surface area contributed by atoms with Gasteiger partial charge in [-0.25, -0.2) is 0 Å². The fraction of sp³-hybridized carbons (Fsp3) is 0.286. The summed E-state index contributed by atoms with van der Waals surface area (Å²) in [6, 6.07) is 12.1. The Kier molecular flexibility index (Phi) is 3.69. The van der Waals surface area contributed by atoms with Crippen LogP contribution in [0.15, 0.2) is 36.4 Å². The van der Waals surface area contributed by atoms with Crippen LogP contribution in [0.4, 0.5) is 5.00 Å². The lowest BCUT2D eigenvalue weighted by Crippen LogP contribution is -2.04. The minimum absolute atomic E-state index is 0.548. The maximum atomic E-state index is 5.72. The lowest BCUT2D eigenvalue weighted by atomic mass is 10.2. The van der Waals surface area contributed by atoms with Crippen molar-refractivity contribution in [3.63, 3.8) is 0 Å². The molecule has 0 atom stereocenters. The zero-order valence-electron chi connectivity index (χ0n) is 10.1. The van der Waals surface area contributed by atoms with Crippen molar-refractivity contribution in [2.75, 3.05) is 12.3 Å². The van der Waals surface area contributed by atoms with Crippen LogP contribution in [0, 0.1) is 5.92 Å². The second-order valence-corrected chi connectivity index (χ2v) is 5.55. The van der Waals surface area contributed by atoms with Gasteiger partial charge in [0.1, 0.15) is 5.75 Å². The van der Waals surface area contributed by atoms with Gasteiger partial charge in [0, 0.05) is 4.88 Å². The average Bonchev–Trinajstić information content (AvgIpc) is 2.74. The minimum atomic E-state index is 0.548. The first-order chi connectivity index (χ1) is 8.15. The summed E-state index contributed by atoms with van der Waals surface area (Å²) in [5.74, 6) is 1.47. The molecule has 2 nitrogen and oxygen atoms in total. The zero-order valence-corrected chi connectivity index (χ0v) is 11.0. The van der Waals surface area contributed by atoms with E-state index in [9.17, 15) is 0 Å². The van der Waals surface area contributed by atoms with Crippen LogP contribution in [-0.4, -0.2) is 6.61 Å². The summed E-state index contributed by atoms with van der Waals surface area (Å²) in [6.45, 7) is 5.04. The molecule has 2 rings (SSSR count). The highest BCUT2D eigenvalue weighted by molar-refractivity contribution is 7.19. The van der Waals surface area contributed by atoms with Gasteiger partial charge in [-0.1, -0.05) is 13.8 Å². The Labute approximate surface area is 106 Å². The Morgan fingerprint density at radius 1 is 1.12 bits per heavy atom. The van der Waals surface area contributed by atoms with Gasteiger partial charge >= 0.3 is 0 Å². The molecule has 0 spiro atoms.